The van der Waals surface area contributed by atoms with E-state index < -0.39 is 42.5 Å². The normalized spacial score (nSPS) is 22.0. The van der Waals surface area contributed by atoms with E-state index in [9.17, 15) is 9.59 Å². The maximum Gasteiger partial charge on any atom is 0.409 e. The fraction of sp³-hybridized carbons (Fsp3) is 0.375. The molecule has 0 aliphatic carbocycles. The van der Waals surface area contributed by atoms with E-state index in [-0.39, 0.29) is 26.4 Å². The molecule has 0 unspecified atom stereocenters. The smallest absolute Gasteiger partial charge is 0.409 e. The molecule has 0 radical (unpaired) electrons. The zero-order valence-electron chi connectivity index (χ0n) is 23.3. The molecule has 3 aromatic carbocycles. The first-order chi connectivity index (χ1) is 20.1. The van der Waals surface area contributed by atoms with Crippen molar-refractivity contribution in [3.8, 4) is 0 Å². The Hall–Kier alpha value is -3.76. The molecule has 0 aromatic heterocycles. The molecule has 1 aliphatic rings. The third-order valence-corrected chi connectivity index (χ3v) is 6.66. The summed E-state index contributed by atoms with van der Waals surface area (Å²) in [5, 5.41) is 2.67. The van der Waals surface area contributed by atoms with Crippen LogP contribution < -0.4 is 5.32 Å². The Morgan fingerprint density at radius 3 is 1.78 bits per heavy atom. The molecule has 5 atom stereocenters. The number of rotatable bonds is 13. The van der Waals surface area contributed by atoms with Crippen molar-refractivity contribution in [1.82, 2.24) is 5.32 Å². The van der Waals surface area contributed by atoms with Crippen molar-refractivity contribution < 1.29 is 38.0 Å². The lowest BCUT2D eigenvalue weighted by Crippen LogP contribution is -2.64. The molecule has 1 aliphatic heterocycles. The molecule has 0 saturated carbocycles. The molecule has 1 amide bonds. The van der Waals surface area contributed by atoms with Gasteiger partial charge in [-0.3, -0.25) is 10.1 Å². The largest absolute Gasteiger partial charge is 0.469 e. The predicted molar refractivity (Wildman–Crippen MR) is 150 cm³/mol. The van der Waals surface area contributed by atoms with Gasteiger partial charge in [-0.05, 0) is 23.6 Å². The lowest BCUT2D eigenvalue weighted by molar-refractivity contribution is -0.251. The third-order valence-electron chi connectivity index (χ3n) is 6.66. The van der Waals surface area contributed by atoms with E-state index >= 15 is 0 Å². The van der Waals surface area contributed by atoms with Gasteiger partial charge in [0.25, 0.3) is 0 Å². The second-order valence-corrected chi connectivity index (χ2v) is 9.53. The fourth-order valence-corrected chi connectivity index (χ4v) is 4.68. The van der Waals surface area contributed by atoms with Crippen LogP contribution in [-0.2, 0) is 53.0 Å². The van der Waals surface area contributed by atoms with E-state index in [2.05, 4.69) is 5.32 Å². The molecule has 218 valence electrons. The Morgan fingerprint density at radius 1 is 0.756 bits per heavy atom. The van der Waals surface area contributed by atoms with Gasteiger partial charge in [-0.1, -0.05) is 91.0 Å². The van der Waals surface area contributed by atoms with Gasteiger partial charge in [-0.15, -0.1) is 0 Å². The molecule has 9 nitrogen and oxygen atoms in total. The Labute approximate surface area is 240 Å². The Kier molecular flexibility index (Phi) is 11.7. The summed E-state index contributed by atoms with van der Waals surface area (Å²) in [5.74, 6) is -1.65. The number of carbonyl (C=O) groups is 2. The molecule has 9 heteroatoms. The molecule has 1 fully saturated rings. The van der Waals surface area contributed by atoms with Crippen molar-refractivity contribution in [1.29, 1.82) is 0 Å². The molecular formula is C32H37NO8. The lowest BCUT2D eigenvalue weighted by atomic mass is 9.89. The van der Waals surface area contributed by atoms with Crippen LogP contribution in [0.5, 0.6) is 0 Å². The highest BCUT2D eigenvalue weighted by Crippen LogP contribution is 2.32. The van der Waals surface area contributed by atoms with Crippen LogP contribution in [0.2, 0.25) is 0 Å². The van der Waals surface area contributed by atoms with Gasteiger partial charge in [0.2, 0.25) is 0 Å². The maximum atomic E-state index is 13.2. The summed E-state index contributed by atoms with van der Waals surface area (Å²) >= 11 is 0. The van der Waals surface area contributed by atoms with Gasteiger partial charge in [-0.2, -0.15) is 0 Å². The van der Waals surface area contributed by atoms with Crippen LogP contribution in [0.25, 0.3) is 0 Å². The summed E-state index contributed by atoms with van der Waals surface area (Å²) < 4.78 is 35.5. The number of ether oxygens (including phenoxy) is 6. The average Bonchev–Trinajstić information content (AvgIpc) is 3.00. The third kappa shape index (κ3) is 8.86. The molecule has 41 heavy (non-hydrogen) atoms. The number of methoxy groups -OCH3 is 1. The van der Waals surface area contributed by atoms with E-state index in [1.165, 1.54) is 7.11 Å². The molecule has 1 heterocycles. The lowest BCUT2D eigenvalue weighted by Gasteiger charge is -2.45. The average molecular weight is 564 g/mol. The minimum Gasteiger partial charge on any atom is -0.469 e. The van der Waals surface area contributed by atoms with Gasteiger partial charge in [-0.25, -0.2) is 4.79 Å². The van der Waals surface area contributed by atoms with E-state index in [1.54, 1.807) is 6.92 Å². The van der Waals surface area contributed by atoms with Crippen molar-refractivity contribution >= 4 is 12.1 Å². The van der Waals surface area contributed by atoms with E-state index in [4.69, 9.17) is 28.4 Å². The first-order valence-corrected chi connectivity index (χ1v) is 13.7. The molecule has 0 spiro atoms. The fourth-order valence-electron chi connectivity index (χ4n) is 4.68. The Bertz CT molecular complexity index is 1190. The van der Waals surface area contributed by atoms with Gasteiger partial charge in [0.05, 0.1) is 40.1 Å². The van der Waals surface area contributed by atoms with Crippen molar-refractivity contribution in [3.05, 3.63) is 108 Å². The zero-order chi connectivity index (χ0) is 28.9. The summed E-state index contributed by atoms with van der Waals surface area (Å²) in [6.07, 6.45) is -4.11. The number of amides is 1. The molecule has 1 saturated heterocycles. The minimum absolute atomic E-state index is 0.119. The monoisotopic (exact) mass is 563 g/mol. The number of carbonyl (C=O) groups excluding carboxylic acids is 2. The second-order valence-electron chi connectivity index (χ2n) is 9.53. The van der Waals surface area contributed by atoms with Crippen molar-refractivity contribution in [3.63, 3.8) is 0 Å². The molecular weight excluding hydrogens is 526 g/mol. The molecule has 4 rings (SSSR count). The van der Waals surface area contributed by atoms with Crippen molar-refractivity contribution in [2.45, 2.75) is 51.3 Å². The highest BCUT2D eigenvalue weighted by atomic mass is 16.6. The number of esters is 1. The van der Waals surface area contributed by atoms with Crippen LogP contribution >= 0.6 is 0 Å². The first-order valence-electron chi connectivity index (χ1n) is 13.7. The quantitative estimate of drug-likeness (QED) is 0.301. The summed E-state index contributed by atoms with van der Waals surface area (Å²) in [5.41, 5.74) is 2.85. The number of hydrogen-bond donors (Lipinski definition) is 1. The van der Waals surface area contributed by atoms with Crippen molar-refractivity contribution in [2.24, 2.45) is 5.92 Å². The van der Waals surface area contributed by atoms with E-state index in [0.29, 0.717) is 6.61 Å². The molecule has 3 aromatic rings. The zero-order valence-corrected chi connectivity index (χ0v) is 23.3. The second kappa shape index (κ2) is 15.9. The summed E-state index contributed by atoms with van der Waals surface area (Å²) in [4.78, 5) is 25.7. The van der Waals surface area contributed by atoms with Gasteiger partial charge in [0.15, 0.2) is 0 Å². The summed E-state index contributed by atoms with van der Waals surface area (Å²) in [6.45, 7) is 2.76. The highest BCUT2D eigenvalue weighted by Gasteiger charge is 2.52. The van der Waals surface area contributed by atoms with Crippen LogP contribution in [-0.4, -0.2) is 56.9 Å². The SMILES string of the molecule is CCOC(=O)N[C@H]1O[C@H](COCc2ccccc2)[C@@H](OCc2ccccc2)[C@H](OCc2ccccc2)[C@H]1C(=O)OC. The van der Waals surface area contributed by atoms with E-state index in [0.717, 1.165) is 16.7 Å². The Balaban J connectivity index is 1.63. The van der Waals surface area contributed by atoms with E-state index in [1.807, 2.05) is 91.0 Å². The van der Waals surface area contributed by atoms with Crippen molar-refractivity contribution in [2.75, 3.05) is 20.3 Å². The maximum absolute atomic E-state index is 13.2. The van der Waals surface area contributed by atoms with Crippen LogP contribution in [0, 0.1) is 5.92 Å². The molecule has 1 N–H and O–H groups in total. The van der Waals surface area contributed by atoms with Gasteiger partial charge >= 0.3 is 12.1 Å². The van der Waals surface area contributed by atoms with Crippen LogP contribution in [0.1, 0.15) is 23.6 Å². The Morgan fingerprint density at radius 2 is 1.27 bits per heavy atom. The number of alkyl carbamates (subject to hydrolysis) is 1. The molecule has 0 bridgehead atoms. The summed E-state index contributed by atoms with van der Waals surface area (Å²) in [7, 11) is 1.28. The number of nitrogens with one attached hydrogen (secondary N) is 1. The number of hydrogen-bond acceptors (Lipinski definition) is 8. The number of benzene rings is 3. The predicted octanol–water partition coefficient (Wildman–Crippen LogP) is 4.63. The van der Waals surface area contributed by atoms with Crippen LogP contribution in [0.4, 0.5) is 4.79 Å². The minimum atomic E-state index is -1.11. The van der Waals surface area contributed by atoms with Crippen LogP contribution in [0.3, 0.4) is 0 Å². The van der Waals surface area contributed by atoms with Gasteiger partial charge < -0.3 is 28.4 Å². The first kappa shape index (κ1) is 30.2. The standard InChI is InChI=1S/C32H37NO8/c1-3-38-32(35)33-30-27(31(34)36-2)29(40-21-25-17-11-6-12-18-25)28(39-20-24-15-9-5-10-16-24)26(41-30)22-37-19-23-13-7-4-8-14-23/h4-18,26-30H,3,19-22H2,1-2H3,(H,33,35)/t26-,27-,28-,29-,30+/m1/s1. The topological polar surface area (TPSA) is 102 Å². The highest BCUT2D eigenvalue weighted by molar-refractivity contribution is 5.75. The van der Waals surface area contributed by atoms with Gasteiger partial charge in [0, 0.05) is 0 Å². The van der Waals surface area contributed by atoms with Crippen LogP contribution in [0.15, 0.2) is 91.0 Å². The summed E-state index contributed by atoms with van der Waals surface area (Å²) in [6, 6.07) is 29.0. The van der Waals surface area contributed by atoms with Gasteiger partial charge in [0.1, 0.15) is 30.5 Å².